The Morgan fingerprint density at radius 2 is 1.86 bits per heavy atom. The van der Waals surface area contributed by atoms with E-state index in [9.17, 15) is 0 Å². The Labute approximate surface area is 126 Å². The van der Waals surface area contributed by atoms with E-state index in [1.54, 1.807) is 7.11 Å². The van der Waals surface area contributed by atoms with Gasteiger partial charge >= 0.3 is 0 Å². The van der Waals surface area contributed by atoms with Gasteiger partial charge in [-0.2, -0.15) is 0 Å². The van der Waals surface area contributed by atoms with Crippen molar-refractivity contribution in [3.8, 4) is 0 Å². The molecule has 4 atom stereocenters. The number of ether oxygens (including phenoxy) is 4. The van der Waals surface area contributed by atoms with Crippen LogP contribution in [0.25, 0.3) is 0 Å². The SMILES string of the molecule is CO[C@@H]1[C@H]2OC(C)(C)O[C@H]2O[C@@H]1CN1CCC(C)(N)CC1. The number of hydrogen-bond donors (Lipinski definition) is 1. The molecular weight excluding hydrogens is 272 g/mol. The van der Waals surface area contributed by atoms with Crippen molar-refractivity contribution in [2.75, 3.05) is 26.7 Å². The molecule has 21 heavy (non-hydrogen) atoms. The van der Waals surface area contributed by atoms with Gasteiger partial charge in [-0.05, 0) is 46.7 Å². The Kier molecular flexibility index (Phi) is 4.05. The van der Waals surface area contributed by atoms with Crippen molar-refractivity contribution in [1.82, 2.24) is 4.90 Å². The van der Waals surface area contributed by atoms with Crippen molar-refractivity contribution in [1.29, 1.82) is 0 Å². The van der Waals surface area contributed by atoms with Crippen LogP contribution in [0.1, 0.15) is 33.6 Å². The minimum Gasteiger partial charge on any atom is -0.376 e. The Morgan fingerprint density at radius 1 is 1.19 bits per heavy atom. The fraction of sp³-hybridized carbons (Fsp3) is 1.00. The van der Waals surface area contributed by atoms with E-state index < -0.39 is 5.79 Å². The highest BCUT2D eigenvalue weighted by molar-refractivity contribution is 4.96. The van der Waals surface area contributed by atoms with Crippen molar-refractivity contribution in [2.45, 2.75) is 69.5 Å². The molecule has 0 aromatic rings. The third kappa shape index (κ3) is 3.25. The summed E-state index contributed by atoms with van der Waals surface area (Å²) in [6.07, 6.45) is 1.49. The molecule has 2 N–H and O–H groups in total. The van der Waals surface area contributed by atoms with Crippen LogP contribution >= 0.6 is 0 Å². The Morgan fingerprint density at radius 3 is 2.48 bits per heavy atom. The van der Waals surface area contributed by atoms with E-state index in [-0.39, 0.29) is 30.1 Å². The summed E-state index contributed by atoms with van der Waals surface area (Å²) in [5.41, 5.74) is 6.16. The van der Waals surface area contributed by atoms with Gasteiger partial charge in [0.1, 0.15) is 18.3 Å². The molecule has 0 spiro atoms. The second-order valence-electron chi connectivity index (χ2n) is 7.30. The van der Waals surface area contributed by atoms with Gasteiger partial charge in [-0.1, -0.05) is 0 Å². The highest BCUT2D eigenvalue weighted by Crippen LogP contribution is 2.38. The summed E-state index contributed by atoms with van der Waals surface area (Å²) >= 11 is 0. The lowest BCUT2D eigenvalue weighted by Gasteiger charge is -2.38. The van der Waals surface area contributed by atoms with Gasteiger partial charge in [-0.15, -0.1) is 0 Å². The Balaban J connectivity index is 1.58. The third-order valence-corrected chi connectivity index (χ3v) is 4.80. The number of likely N-dealkylation sites (tertiary alicyclic amines) is 1. The van der Waals surface area contributed by atoms with E-state index in [4.69, 9.17) is 24.7 Å². The highest BCUT2D eigenvalue weighted by Gasteiger charge is 2.55. The predicted molar refractivity (Wildman–Crippen MR) is 77.8 cm³/mol. The zero-order chi connectivity index (χ0) is 15.3. The lowest BCUT2D eigenvalue weighted by atomic mass is 9.91. The fourth-order valence-electron chi connectivity index (χ4n) is 3.48. The zero-order valence-corrected chi connectivity index (χ0v) is 13.5. The van der Waals surface area contributed by atoms with Gasteiger partial charge in [0.25, 0.3) is 0 Å². The summed E-state index contributed by atoms with van der Waals surface area (Å²) in [6.45, 7) is 8.79. The summed E-state index contributed by atoms with van der Waals surface area (Å²) in [7, 11) is 1.71. The topological polar surface area (TPSA) is 66.2 Å². The quantitative estimate of drug-likeness (QED) is 0.827. The molecule has 3 rings (SSSR count). The van der Waals surface area contributed by atoms with Crippen LogP contribution in [-0.4, -0.2) is 67.6 Å². The molecule has 3 aliphatic rings. The molecule has 3 aliphatic heterocycles. The first kappa shape index (κ1) is 15.6. The van der Waals surface area contributed by atoms with Crippen LogP contribution in [0.3, 0.4) is 0 Å². The number of rotatable bonds is 3. The Hall–Kier alpha value is -0.240. The van der Waals surface area contributed by atoms with Crippen molar-refractivity contribution < 1.29 is 18.9 Å². The summed E-state index contributed by atoms with van der Waals surface area (Å²) in [4.78, 5) is 2.40. The summed E-state index contributed by atoms with van der Waals surface area (Å²) in [5, 5.41) is 0. The van der Waals surface area contributed by atoms with Crippen molar-refractivity contribution in [2.24, 2.45) is 5.73 Å². The fourth-order valence-corrected chi connectivity index (χ4v) is 3.48. The predicted octanol–water partition coefficient (Wildman–Crippen LogP) is 0.691. The van der Waals surface area contributed by atoms with E-state index in [2.05, 4.69) is 11.8 Å². The molecule has 0 unspecified atom stereocenters. The lowest BCUT2D eigenvalue weighted by Crippen LogP contribution is -2.51. The molecule has 6 heteroatoms. The van der Waals surface area contributed by atoms with Crippen LogP contribution in [0.15, 0.2) is 0 Å². The van der Waals surface area contributed by atoms with Crippen LogP contribution in [0.4, 0.5) is 0 Å². The number of hydrogen-bond acceptors (Lipinski definition) is 6. The molecule has 3 heterocycles. The third-order valence-electron chi connectivity index (χ3n) is 4.80. The number of methoxy groups -OCH3 is 1. The minimum atomic E-state index is -0.594. The van der Waals surface area contributed by atoms with Crippen LogP contribution in [0.5, 0.6) is 0 Å². The van der Waals surface area contributed by atoms with Gasteiger partial charge in [-0.3, -0.25) is 0 Å². The standard InChI is InChI=1S/C15H28N2O4/c1-14(2)20-12-11(18-4)10(19-13(12)21-14)9-17-7-5-15(3,16)6-8-17/h10-13H,5-9,16H2,1-4H3/t10-,11+,12-,13-/m1/s1. The molecule has 3 fully saturated rings. The number of nitrogens with two attached hydrogens (primary N) is 1. The lowest BCUT2D eigenvalue weighted by molar-refractivity contribution is -0.218. The first-order chi connectivity index (χ1) is 9.80. The van der Waals surface area contributed by atoms with Crippen molar-refractivity contribution >= 4 is 0 Å². The molecule has 0 radical (unpaired) electrons. The summed E-state index contributed by atoms with van der Waals surface area (Å²) < 4.78 is 23.4. The van der Waals surface area contributed by atoms with Crippen LogP contribution in [0, 0.1) is 0 Å². The van der Waals surface area contributed by atoms with E-state index in [1.807, 2.05) is 13.8 Å². The van der Waals surface area contributed by atoms with Gasteiger partial charge in [0.2, 0.25) is 0 Å². The maximum Gasteiger partial charge on any atom is 0.190 e. The number of fused-ring (bicyclic) bond motifs is 1. The van der Waals surface area contributed by atoms with Gasteiger partial charge in [-0.25, -0.2) is 0 Å². The van der Waals surface area contributed by atoms with Gasteiger partial charge in [0, 0.05) is 19.2 Å². The summed E-state index contributed by atoms with van der Waals surface area (Å²) in [6, 6.07) is 0. The van der Waals surface area contributed by atoms with Crippen molar-refractivity contribution in [3.63, 3.8) is 0 Å². The maximum atomic E-state index is 6.18. The average molecular weight is 300 g/mol. The van der Waals surface area contributed by atoms with E-state index >= 15 is 0 Å². The smallest absolute Gasteiger partial charge is 0.190 e. The second-order valence-corrected chi connectivity index (χ2v) is 7.30. The summed E-state index contributed by atoms with van der Waals surface area (Å²) in [5.74, 6) is -0.594. The maximum absolute atomic E-state index is 6.18. The molecular formula is C15H28N2O4. The average Bonchev–Trinajstić information content (AvgIpc) is 2.83. The van der Waals surface area contributed by atoms with Crippen molar-refractivity contribution in [3.05, 3.63) is 0 Å². The number of piperidine rings is 1. The molecule has 0 saturated carbocycles. The van der Waals surface area contributed by atoms with Crippen LogP contribution < -0.4 is 5.73 Å². The molecule has 3 saturated heterocycles. The largest absolute Gasteiger partial charge is 0.376 e. The van der Waals surface area contributed by atoms with E-state index in [0.29, 0.717) is 0 Å². The number of nitrogens with zero attached hydrogens (tertiary/aromatic N) is 1. The minimum absolute atomic E-state index is 0.0109. The molecule has 0 amide bonds. The Bertz CT molecular complexity index is 378. The van der Waals surface area contributed by atoms with Crippen LogP contribution in [-0.2, 0) is 18.9 Å². The normalized spacial score (nSPS) is 42.1. The molecule has 6 nitrogen and oxygen atoms in total. The van der Waals surface area contributed by atoms with Gasteiger partial charge in [0.05, 0.1) is 0 Å². The van der Waals surface area contributed by atoms with Gasteiger partial charge < -0.3 is 29.6 Å². The van der Waals surface area contributed by atoms with E-state index in [1.165, 1.54) is 0 Å². The highest BCUT2D eigenvalue weighted by atomic mass is 16.8. The molecule has 0 aromatic carbocycles. The second kappa shape index (κ2) is 5.44. The van der Waals surface area contributed by atoms with E-state index in [0.717, 1.165) is 32.5 Å². The monoisotopic (exact) mass is 300 g/mol. The first-order valence-electron chi connectivity index (χ1n) is 7.85. The molecule has 0 bridgehead atoms. The zero-order valence-electron chi connectivity index (χ0n) is 13.5. The molecule has 122 valence electrons. The molecule has 0 aliphatic carbocycles. The van der Waals surface area contributed by atoms with Gasteiger partial charge in [0.15, 0.2) is 12.1 Å². The van der Waals surface area contributed by atoms with Crippen LogP contribution in [0.2, 0.25) is 0 Å². The first-order valence-corrected chi connectivity index (χ1v) is 7.85. The molecule has 0 aromatic heterocycles.